The second-order valence-corrected chi connectivity index (χ2v) is 7.70. The van der Waals surface area contributed by atoms with Crippen LogP contribution in [0.25, 0.3) is 0 Å². The number of carbonyl (C=O) groups excluding carboxylic acids is 4. The van der Waals surface area contributed by atoms with E-state index in [1.54, 1.807) is 30.3 Å². The van der Waals surface area contributed by atoms with Crippen molar-refractivity contribution in [1.82, 2.24) is 16.0 Å². The molecule has 12 nitrogen and oxygen atoms in total. The Morgan fingerprint density at radius 1 is 0.970 bits per heavy atom. The molecule has 5 unspecified atom stereocenters. The summed E-state index contributed by atoms with van der Waals surface area (Å²) in [4.78, 5) is 60.2. The minimum Gasteiger partial charge on any atom is -0.480 e. The van der Waals surface area contributed by atoms with Crippen molar-refractivity contribution in [2.24, 2.45) is 11.5 Å². The Morgan fingerprint density at radius 3 is 2.03 bits per heavy atom. The Morgan fingerprint density at radius 2 is 1.55 bits per heavy atom. The van der Waals surface area contributed by atoms with Crippen molar-refractivity contribution in [2.75, 3.05) is 5.75 Å². The molecular formula is C20H29N5O7S. The van der Waals surface area contributed by atoms with E-state index in [0.717, 1.165) is 0 Å². The van der Waals surface area contributed by atoms with E-state index < -0.39 is 66.3 Å². The van der Waals surface area contributed by atoms with E-state index >= 15 is 0 Å². The number of carboxylic acids is 1. The summed E-state index contributed by atoms with van der Waals surface area (Å²) in [5.74, 6) is -4.96. The number of carbonyl (C=O) groups is 5. The van der Waals surface area contributed by atoms with Crippen molar-refractivity contribution >= 4 is 42.2 Å². The zero-order valence-corrected chi connectivity index (χ0v) is 18.8. The molecule has 1 rings (SSSR count). The maximum absolute atomic E-state index is 12.8. The van der Waals surface area contributed by atoms with Crippen molar-refractivity contribution in [3.8, 4) is 0 Å². The van der Waals surface area contributed by atoms with Gasteiger partial charge in [0.2, 0.25) is 23.6 Å². The number of hydrogen-bond acceptors (Lipinski definition) is 8. The van der Waals surface area contributed by atoms with Gasteiger partial charge < -0.3 is 37.6 Å². The van der Waals surface area contributed by atoms with Crippen LogP contribution in [0.15, 0.2) is 30.3 Å². The Balaban J connectivity index is 3.10. The first-order valence-electron chi connectivity index (χ1n) is 9.96. The number of benzene rings is 1. The van der Waals surface area contributed by atoms with Gasteiger partial charge in [0.25, 0.3) is 0 Å². The molecule has 33 heavy (non-hydrogen) atoms. The molecule has 0 aliphatic rings. The predicted octanol–water partition coefficient (Wildman–Crippen LogP) is -2.72. The molecule has 0 radical (unpaired) electrons. The zero-order chi connectivity index (χ0) is 25.1. The van der Waals surface area contributed by atoms with E-state index in [-0.39, 0.29) is 12.2 Å². The van der Waals surface area contributed by atoms with Crippen molar-refractivity contribution < 1.29 is 34.2 Å². The topological polar surface area (TPSA) is 214 Å². The second kappa shape index (κ2) is 13.4. The molecule has 0 aliphatic carbocycles. The number of nitrogens with two attached hydrogens (primary N) is 2. The first-order chi connectivity index (χ1) is 15.5. The summed E-state index contributed by atoms with van der Waals surface area (Å²) in [6, 6.07) is 3.14. The third-order valence-electron chi connectivity index (χ3n) is 4.53. The van der Waals surface area contributed by atoms with Crippen molar-refractivity contribution in [3.63, 3.8) is 0 Å². The Bertz CT molecular complexity index is 852. The average molecular weight is 484 g/mol. The molecule has 0 aliphatic heterocycles. The van der Waals surface area contributed by atoms with E-state index in [2.05, 4.69) is 28.6 Å². The molecule has 5 atom stereocenters. The lowest BCUT2D eigenvalue weighted by Crippen LogP contribution is -2.60. The number of hydrogen-bond donors (Lipinski definition) is 8. The van der Waals surface area contributed by atoms with Crippen LogP contribution >= 0.6 is 12.6 Å². The number of aliphatic hydroxyl groups is 1. The van der Waals surface area contributed by atoms with Crippen molar-refractivity contribution in [2.45, 2.75) is 50.0 Å². The zero-order valence-electron chi connectivity index (χ0n) is 17.9. The van der Waals surface area contributed by atoms with Crippen LogP contribution in [0.5, 0.6) is 0 Å². The van der Waals surface area contributed by atoms with Crippen LogP contribution in [0.4, 0.5) is 0 Å². The van der Waals surface area contributed by atoms with Gasteiger partial charge in [0.15, 0.2) is 0 Å². The summed E-state index contributed by atoms with van der Waals surface area (Å²) in [5.41, 5.74) is 11.2. The SMILES string of the molecule is CC(O)C(NC(=O)C(N)CS)C(=O)NC(Cc1ccccc1)C(=O)NC(CC(N)=O)C(=O)O. The molecule has 0 fully saturated rings. The summed E-state index contributed by atoms with van der Waals surface area (Å²) in [6.07, 6.45) is -2.04. The van der Waals surface area contributed by atoms with E-state index in [0.29, 0.717) is 5.56 Å². The number of nitrogens with one attached hydrogen (secondary N) is 3. The number of aliphatic hydroxyl groups excluding tert-OH is 1. The van der Waals surface area contributed by atoms with E-state index in [1.807, 2.05) is 0 Å². The van der Waals surface area contributed by atoms with Crippen molar-refractivity contribution in [1.29, 1.82) is 0 Å². The fraction of sp³-hybridized carbons (Fsp3) is 0.450. The number of aliphatic carboxylic acids is 1. The molecule has 1 aromatic rings. The van der Waals surface area contributed by atoms with Gasteiger partial charge in [-0.25, -0.2) is 4.79 Å². The molecular weight excluding hydrogens is 454 g/mol. The third kappa shape index (κ3) is 9.47. The van der Waals surface area contributed by atoms with Gasteiger partial charge in [0.05, 0.1) is 18.6 Å². The molecule has 0 heterocycles. The lowest BCUT2D eigenvalue weighted by molar-refractivity contribution is -0.143. The molecule has 0 spiro atoms. The summed E-state index contributed by atoms with van der Waals surface area (Å²) < 4.78 is 0. The Labute approximate surface area is 195 Å². The minimum atomic E-state index is -1.61. The fourth-order valence-electron chi connectivity index (χ4n) is 2.74. The Kier molecular flexibility index (Phi) is 11.3. The Hall–Kier alpha value is -3.16. The third-order valence-corrected chi connectivity index (χ3v) is 4.93. The second-order valence-electron chi connectivity index (χ2n) is 7.34. The van der Waals surface area contributed by atoms with Crippen LogP contribution < -0.4 is 27.4 Å². The number of amides is 4. The highest BCUT2D eigenvalue weighted by molar-refractivity contribution is 7.80. The van der Waals surface area contributed by atoms with Gasteiger partial charge in [-0.1, -0.05) is 30.3 Å². The van der Waals surface area contributed by atoms with Crippen LogP contribution in [-0.4, -0.2) is 75.8 Å². The highest BCUT2D eigenvalue weighted by atomic mass is 32.1. The highest BCUT2D eigenvalue weighted by Gasteiger charge is 2.32. The molecule has 0 aromatic heterocycles. The smallest absolute Gasteiger partial charge is 0.326 e. The number of primary amides is 1. The van der Waals surface area contributed by atoms with Crippen molar-refractivity contribution in [3.05, 3.63) is 35.9 Å². The first-order valence-corrected chi connectivity index (χ1v) is 10.6. The van der Waals surface area contributed by atoms with Crippen LogP contribution in [0.3, 0.4) is 0 Å². The van der Waals surface area contributed by atoms with Gasteiger partial charge in [0, 0.05) is 12.2 Å². The largest absolute Gasteiger partial charge is 0.480 e. The van der Waals surface area contributed by atoms with E-state index in [4.69, 9.17) is 11.5 Å². The maximum Gasteiger partial charge on any atom is 0.326 e. The molecule has 182 valence electrons. The number of thiol groups is 1. The van der Waals surface area contributed by atoms with Crippen LogP contribution in [-0.2, 0) is 30.4 Å². The average Bonchev–Trinajstić information content (AvgIpc) is 2.75. The molecule has 9 N–H and O–H groups in total. The summed E-state index contributed by atoms with van der Waals surface area (Å²) in [5, 5.41) is 26.1. The number of rotatable bonds is 13. The van der Waals surface area contributed by atoms with Gasteiger partial charge in [0.1, 0.15) is 18.1 Å². The monoisotopic (exact) mass is 483 g/mol. The molecule has 0 saturated heterocycles. The summed E-state index contributed by atoms with van der Waals surface area (Å²) in [6.45, 7) is 1.26. The molecule has 0 bridgehead atoms. The molecule has 13 heteroatoms. The highest BCUT2D eigenvalue weighted by Crippen LogP contribution is 2.06. The van der Waals surface area contributed by atoms with Gasteiger partial charge >= 0.3 is 5.97 Å². The first kappa shape index (κ1) is 27.9. The van der Waals surface area contributed by atoms with Gasteiger partial charge in [-0.15, -0.1) is 0 Å². The van der Waals surface area contributed by atoms with Crippen LogP contribution in [0, 0.1) is 0 Å². The lowest BCUT2D eigenvalue weighted by Gasteiger charge is -2.26. The van der Waals surface area contributed by atoms with Crippen LogP contribution in [0.2, 0.25) is 0 Å². The van der Waals surface area contributed by atoms with Gasteiger partial charge in [-0.3, -0.25) is 19.2 Å². The fourth-order valence-corrected chi connectivity index (χ4v) is 2.91. The molecule has 4 amide bonds. The number of carboxylic acid groups (broad SMARTS) is 1. The van der Waals surface area contributed by atoms with Crippen LogP contribution in [0.1, 0.15) is 18.9 Å². The summed E-state index contributed by atoms with van der Waals surface area (Å²) in [7, 11) is 0. The standard InChI is InChI=1S/C20H29N5O7S/c1-10(26)16(25-17(28)12(21)9-33)19(30)23-13(7-11-5-3-2-4-6-11)18(29)24-14(20(31)32)8-15(22)27/h2-6,10,12-14,16,26,33H,7-9,21H2,1H3,(H2,22,27)(H,23,30)(H,24,29)(H,25,28)(H,31,32). The van der Waals surface area contributed by atoms with Gasteiger partial charge in [-0.05, 0) is 12.5 Å². The lowest BCUT2D eigenvalue weighted by atomic mass is 10.0. The summed E-state index contributed by atoms with van der Waals surface area (Å²) >= 11 is 3.91. The molecule has 1 aromatic carbocycles. The van der Waals surface area contributed by atoms with E-state index in [1.165, 1.54) is 6.92 Å². The van der Waals surface area contributed by atoms with Gasteiger partial charge in [-0.2, -0.15) is 12.6 Å². The maximum atomic E-state index is 12.8. The normalized spacial score (nSPS) is 15.3. The minimum absolute atomic E-state index is 0.00450. The predicted molar refractivity (Wildman–Crippen MR) is 121 cm³/mol. The van der Waals surface area contributed by atoms with E-state index in [9.17, 15) is 34.2 Å². The quantitative estimate of drug-likeness (QED) is 0.138. The molecule has 0 saturated carbocycles.